The lowest BCUT2D eigenvalue weighted by atomic mass is 10.1. The first-order chi connectivity index (χ1) is 8.15. The molecule has 0 aromatic carbocycles. The Morgan fingerprint density at radius 2 is 2.18 bits per heavy atom. The molecule has 1 N–H and O–H groups in total. The molecule has 0 aliphatic carbocycles. The first-order valence-corrected chi connectivity index (χ1v) is 6.21. The Balaban J connectivity index is 1.76. The Morgan fingerprint density at radius 1 is 1.47 bits per heavy atom. The third kappa shape index (κ3) is 3.41. The number of carbonyl (C=O) groups is 1. The van der Waals surface area contributed by atoms with E-state index in [-0.39, 0.29) is 11.9 Å². The second-order valence-electron chi connectivity index (χ2n) is 4.81. The summed E-state index contributed by atoms with van der Waals surface area (Å²) in [5, 5.41) is 9.39. The molecule has 0 unspecified atom stereocenters. The molecule has 0 amide bonds. The molecule has 4 heteroatoms. The van der Waals surface area contributed by atoms with E-state index in [2.05, 4.69) is 4.90 Å². The fourth-order valence-electron chi connectivity index (χ4n) is 2.22. The largest absolute Gasteiger partial charge is 0.393 e. The minimum atomic E-state index is -0.143. The van der Waals surface area contributed by atoms with Gasteiger partial charge in [-0.1, -0.05) is 0 Å². The lowest BCUT2D eigenvalue weighted by molar-refractivity contribution is 0.0778. The number of likely N-dealkylation sites (tertiary alicyclic amines) is 1. The van der Waals surface area contributed by atoms with E-state index in [0.29, 0.717) is 6.42 Å². The van der Waals surface area contributed by atoms with Gasteiger partial charge in [-0.05, 0) is 18.9 Å². The second-order valence-corrected chi connectivity index (χ2v) is 4.81. The number of aromatic nitrogens is 1. The summed E-state index contributed by atoms with van der Waals surface area (Å²) in [7, 11) is 1.92. The molecule has 0 bridgehead atoms. The Kier molecular flexibility index (Phi) is 3.97. The van der Waals surface area contributed by atoms with Gasteiger partial charge in [-0.3, -0.25) is 4.79 Å². The van der Waals surface area contributed by atoms with E-state index in [1.54, 1.807) is 0 Å². The van der Waals surface area contributed by atoms with Gasteiger partial charge in [0.1, 0.15) is 0 Å². The van der Waals surface area contributed by atoms with Crippen molar-refractivity contribution in [3.63, 3.8) is 0 Å². The van der Waals surface area contributed by atoms with E-state index in [1.165, 1.54) is 0 Å². The van der Waals surface area contributed by atoms with Crippen LogP contribution in [-0.4, -0.2) is 46.1 Å². The number of carbonyl (C=O) groups excluding carboxylic acids is 1. The number of Topliss-reactive ketones (excluding diaryl/α,β-unsaturated/α-hetero) is 1. The van der Waals surface area contributed by atoms with Crippen molar-refractivity contribution < 1.29 is 9.90 Å². The van der Waals surface area contributed by atoms with E-state index >= 15 is 0 Å². The lowest BCUT2D eigenvalue weighted by Gasteiger charge is -2.29. The van der Waals surface area contributed by atoms with Crippen LogP contribution in [0.3, 0.4) is 0 Å². The van der Waals surface area contributed by atoms with Gasteiger partial charge in [-0.15, -0.1) is 0 Å². The van der Waals surface area contributed by atoms with E-state index in [4.69, 9.17) is 0 Å². The Morgan fingerprint density at radius 3 is 2.76 bits per heavy atom. The number of ketones is 1. The smallest absolute Gasteiger partial charge is 0.165 e. The van der Waals surface area contributed by atoms with Gasteiger partial charge in [0, 0.05) is 51.1 Å². The van der Waals surface area contributed by atoms with Crippen LogP contribution in [0.2, 0.25) is 0 Å². The van der Waals surface area contributed by atoms with Gasteiger partial charge < -0.3 is 14.6 Å². The maximum atomic E-state index is 11.9. The number of rotatable bonds is 4. The number of hydrogen-bond donors (Lipinski definition) is 1. The van der Waals surface area contributed by atoms with Crippen molar-refractivity contribution in [2.24, 2.45) is 7.05 Å². The molecule has 17 heavy (non-hydrogen) atoms. The van der Waals surface area contributed by atoms with Crippen molar-refractivity contribution in [3.05, 3.63) is 24.0 Å². The molecule has 0 radical (unpaired) electrons. The highest BCUT2D eigenvalue weighted by atomic mass is 16.3. The van der Waals surface area contributed by atoms with E-state index in [0.717, 1.165) is 38.0 Å². The second kappa shape index (κ2) is 5.47. The minimum absolute atomic E-state index is 0.143. The van der Waals surface area contributed by atoms with Gasteiger partial charge in [0.2, 0.25) is 0 Å². The maximum absolute atomic E-state index is 11.9. The van der Waals surface area contributed by atoms with Gasteiger partial charge in [0.15, 0.2) is 5.78 Å². The Bertz CT molecular complexity index is 379. The summed E-state index contributed by atoms with van der Waals surface area (Å²) in [6.45, 7) is 2.62. The number of nitrogens with zero attached hydrogens (tertiary/aromatic N) is 2. The van der Waals surface area contributed by atoms with Crippen LogP contribution in [0.1, 0.15) is 29.6 Å². The summed E-state index contributed by atoms with van der Waals surface area (Å²) in [5.41, 5.74) is 0.796. The minimum Gasteiger partial charge on any atom is -0.393 e. The number of aliphatic hydroxyl groups is 1. The van der Waals surface area contributed by atoms with Crippen molar-refractivity contribution >= 4 is 5.78 Å². The highest BCUT2D eigenvalue weighted by Gasteiger charge is 2.17. The average Bonchev–Trinajstić information content (AvgIpc) is 2.75. The molecule has 1 aromatic rings. The molecule has 1 aliphatic heterocycles. The maximum Gasteiger partial charge on any atom is 0.165 e. The molecule has 1 fully saturated rings. The summed E-state index contributed by atoms with van der Waals surface area (Å²) >= 11 is 0. The van der Waals surface area contributed by atoms with E-state index in [1.807, 2.05) is 30.1 Å². The standard InChI is InChI=1S/C13H20N2O2/c1-14-6-2-11(10-14)13(17)5-9-15-7-3-12(16)4-8-15/h2,6,10,12,16H,3-5,7-9H2,1H3. The zero-order valence-electron chi connectivity index (χ0n) is 10.3. The number of hydrogen-bond acceptors (Lipinski definition) is 3. The molecule has 2 rings (SSSR count). The van der Waals surface area contributed by atoms with Gasteiger partial charge in [0.25, 0.3) is 0 Å². The highest BCUT2D eigenvalue weighted by Crippen LogP contribution is 2.11. The molecular weight excluding hydrogens is 216 g/mol. The van der Waals surface area contributed by atoms with Crippen molar-refractivity contribution in [2.75, 3.05) is 19.6 Å². The summed E-state index contributed by atoms with van der Waals surface area (Å²) in [6.07, 6.45) is 5.85. The third-order valence-electron chi connectivity index (χ3n) is 3.37. The Hall–Kier alpha value is -1.13. The topological polar surface area (TPSA) is 45.5 Å². The van der Waals surface area contributed by atoms with E-state index in [9.17, 15) is 9.90 Å². The van der Waals surface area contributed by atoms with Gasteiger partial charge in [-0.2, -0.15) is 0 Å². The molecule has 1 saturated heterocycles. The lowest BCUT2D eigenvalue weighted by Crippen LogP contribution is -2.37. The summed E-state index contributed by atoms with van der Waals surface area (Å²) in [5.74, 6) is 0.205. The number of aryl methyl sites for hydroxylation is 1. The fraction of sp³-hybridized carbons (Fsp3) is 0.615. The number of aliphatic hydroxyl groups excluding tert-OH is 1. The van der Waals surface area contributed by atoms with Crippen LogP contribution < -0.4 is 0 Å². The number of piperidine rings is 1. The molecule has 4 nitrogen and oxygen atoms in total. The van der Waals surface area contributed by atoms with Crippen LogP contribution in [0.5, 0.6) is 0 Å². The summed E-state index contributed by atoms with van der Waals surface area (Å²) in [4.78, 5) is 14.1. The van der Waals surface area contributed by atoms with Gasteiger partial charge in [-0.25, -0.2) is 0 Å². The molecule has 1 aliphatic rings. The van der Waals surface area contributed by atoms with Crippen LogP contribution in [0.4, 0.5) is 0 Å². The quantitative estimate of drug-likeness (QED) is 0.795. The molecule has 0 spiro atoms. The molecule has 2 heterocycles. The van der Waals surface area contributed by atoms with Crippen molar-refractivity contribution in [1.82, 2.24) is 9.47 Å². The predicted octanol–water partition coefficient (Wildman–Crippen LogP) is 1.05. The molecule has 0 saturated carbocycles. The van der Waals surface area contributed by atoms with Crippen LogP contribution >= 0.6 is 0 Å². The third-order valence-corrected chi connectivity index (χ3v) is 3.37. The van der Waals surface area contributed by atoms with Crippen molar-refractivity contribution in [2.45, 2.75) is 25.4 Å². The van der Waals surface area contributed by atoms with Crippen LogP contribution in [0.25, 0.3) is 0 Å². The summed E-state index contributed by atoms with van der Waals surface area (Å²) < 4.78 is 1.89. The average molecular weight is 236 g/mol. The van der Waals surface area contributed by atoms with E-state index < -0.39 is 0 Å². The molecule has 0 atom stereocenters. The zero-order chi connectivity index (χ0) is 12.3. The molecule has 94 valence electrons. The van der Waals surface area contributed by atoms with Crippen LogP contribution in [-0.2, 0) is 7.05 Å². The zero-order valence-corrected chi connectivity index (χ0v) is 10.3. The van der Waals surface area contributed by atoms with Gasteiger partial charge in [0.05, 0.1) is 6.10 Å². The molecule has 1 aromatic heterocycles. The van der Waals surface area contributed by atoms with Crippen molar-refractivity contribution in [3.8, 4) is 0 Å². The van der Waals surface area contributed by atoms with Crippen molar-refractivity contribution in [1.29, 1.82) is 0 Å². The first kappa shape index (κ1) is 12.3. The molecular formula is C13H20N2O2. The first-order valence-electron chi connectivity index (χ1n) is 6.21. The predicted molar refractivity (Wildman–Crippen MR) is 66.0 cm³/mol. The summed E-state index contributed by atoms with van der Waals surface area (Å²) in [6, 6.07) is 1.86. The Labute approximate surface area is 102 Å². The van der Waals surface area contributed by atoms with Crippen LogP contribution in [0.15, 0.2) is 18.5 Å². The monoisotopic (exact) mass is 236 g/mol. The normalized spacial score (nSPS) is 18.5. The SMILES string of the molecule is Cn1ccc(C(=O)CCN2CCC(O)CC2)c1. The fourth-order valence-corrected chi connectivity index (χ4v) is 2.22. The highest BCUT2D eigenvalue weighted by molar-refractivity contribution is 5.96. The van der Waals surface area contributed by atoms with Gasteiger partial charge >= 0.3 is 0 Å². The van der Waals surface area contributed by atoms with Crippen LogP contribution in [0, 0.1) is 0 Å².